The van der Waals surface area contributed by atoms with Gasteiger partial charge in [-0.15, -0.1) is 0 Å². The van der Waals surface area contributed by atoms with E-state index in [1.165, 1.54) is 49.0 Å². The fourth-order valence-corrected chi connectivity index (χ4v) is 9.96. The third kappa shape index (κ3) is 3.13. The van der Waals surface area contributed by atoms with E-state index in [4.69, 9.17) is 18.9 Å². The van der Waals surface area contributed by atoms with Crippen LogP contribution in [0.25, 0.3) is 6.08 Å². The number of methoxy groups -OCH3 is 2. The Kier molecular flexibility index (Phi) is 5.38. The molecule has 2 aliphatic heterocycles. The van der Waals surface area contributed by atoms with Gasteiger partial charge in [-0.25, -0.2) is 0 Å². The molecule has 9 rings (SSSR count). The van der Waals surface area contributed by atoms with Crippen LogP contribution in [-0.2, 0) is 27.9 Å². The number of fused-ring (bicyclic) bond motifs is 2. The first-order valence-electron chi connectivity index (χ1n) is 15.0. The Balaban J connectivity index is 1.18. The molecule has 6 atom stereocenters. The molecule has 2 aromatic rings. The van der Waals surface area contributed by atoms with Gasteiger partial charge in [-0.05, 0) is 80.2 Å². The zero-order valence-corrected chi connectivity index (χ0v) is 23.4. The Labute approximate surface area is 232 Å². The first kappa shape index (κ1) is 24.5. The first-order valence-corrected chi connectivity index (χ1v) is 15.0. The fourth-order valence-electron chi connectivity index (χ4n) is 9.96. The van der Waals surface area contributed by atoms with Crippen LogP contribution >= 0.6 is 0 Å². The number of piperidine rings is 1. The van der Waals surface area contributed by atoms with Crippen molar-refractivity contribution >= 4 is 6.08 Å². The van der Waals surface area contributed by atoms with E-state index >= 15 is 0 Å². The van der Waals surface area contributed by atoms with Gasteiger partial charge < -0.3 is 18.9 Å². The molecule has 4 bridgehead atoms. The lowest BCUT2D eigenvalue weighted by Gasteiger charge is -2.74. The van der Waals surface area contributed by atoms with Crippen molar-refractivity contribution in [2.24, 2.45) is 17.3 Å². The van der Waals surface area contributed by atoms with E-state index in [0.29, 0.717) is 25.2 Å². The van der Waals surface area contributed by atoms with Gasteiger partial charge in [0.1, 0.15) is 11.7 Å². The molecule has 0 aromatic heterocycles. The van der Waals surface area contributed by atoms with Gasteiger partial charge >= 0.3 is 0 Å². The van der Waals surface area contributed by atoms with Gasteiger partial charge in [-0.2, -0.15) is 0 Å². The monoisotopic (exact) mass is 527 g/mol. The Morgan fingerprint density at radius 2 is 1.92 bits per heavy atom. The molecule has 5 aliphatic carbocycles. The van der Waals surface area contributed by atoms with Crippen molar-refractivity contribution < 1.29 is 18.9 Å². The first-order chi connectivity index (χ1) is 19.1. The summed E-state index contributed by atoms with van der Waals surface area (Å²) in [6.45, 7) is 7.62. The van der Waals surface area contributed by atoms with Gasteiger partial charge in [-0.3, -0.25) is 4.90 Å². The third-order valence-electron chi connectivity index (χ3n) is 11.8. The summed E-state index contributed by atoms with van der Waals surface area (Å²) in [6, 6.07) is 13.6. The van der Waals surface area contributed by atoms with Crippen molar-refractivity contribution in [1.29, 1.82) is 0 Å². The van der Waals surface area contributed by atoms with Crippen LogP contribution in [0.2, 0.25) is 0 Å². The van der Waals surface area contributed by atoms with Crippen molar-refractivity contribution in [2.45, 2.75) is 74.7 Å². The molecule has 2 aromatic carbocycles. The fraction of sp³-hybridized carbons (Fsp3) is 0.588. The number of ether oxygens (including phenoxy) is 4. The summed E-state index contributed by atoms with van der Waals surface area (Å²) >= 11 is 0. The van der Waals surface area contributed by atoms with Gasteiger partial charge in [0.25, 0.3) is 0 Å². The van der Waals surface area contributed by atoms with Crippen LogP contribution in [0.3, 0.4) is 0 Å². The maximum Gasteiger partial charge on any atom is 0.165 e. The molecule has 2 spiro atoms. The summed E-state index contributed by atoms with van der Waals surface area (Å²) in [6.07, 6.45) is 10.4. The quantitative estimate of drug-likeness (QED) is 0.414. The molecule has 2 unspecified atom stereocenters. The van der Waals surface area contributed by atoms with Gasteiger partial charge in [0, 0.05) is 42.0 Å². The molecule has 39 heavy (non-hydrogen) atoms. The van der Waals surface area contributed by atoms with E-state index in [1.54, 1.807) is 7.11 Å². The average molecular weight is 528 g/mol. The van der Waals surface area contributed by atoms with Crippen molar-refractivity contribution in [3.63, 3.8) is 0 Å². The summed E-state index contributed by atoms with van der Waals surface area (Å²) < 4.78 is 26.2. The third-order valence-corrected chi connectivity index (χ3v) is 11.8. The van der Waals surface area contributed by atoms with Crippen LogP contribution < -0.4 is 9.47 Å². The molecular weight excluding hydrogens is 486 g/mol. The second-order valence-corrected chi connectivity index (χ2v) is 13.2. The zero-order chi connectivity index (χ0) is 26.4. The van der Waals surface area contributed by atoms with Crippen molar-refractivity contribution in [3.8, 4) is 11.5 Å². The van der Waals surface area contributed by atoms with Gasteiger partial charge in [0.2, 0.25) is 0 Å². The molecule has 5 fully saturated rings. The lowest BCUT2D eigenvalue weighted by molar-refractivity contribution is -0.283. The number of likely N-dealkylation sites (tertiary alicyclic amines) is 1. The summed E-state index contributed by atoms with van der Waals surface area (Å²) in [5, 5.41) is 0. The molecule has 4 saturated carbocycles. The van der Waals surface area contributed by atoms with Crippen LogP contribution in [0.15, 0.2) is 43.0 Å². The zero-order valence-electron chi connectivity index (χ0n) is 23.4. The summed E-state index contributed by atoms with van der Waals surface area (Å²) in [7, 11) is 3.70. The van der Waals surface area contributed by atoms with E-state index < -0.39 is 0 Å². The summed E-state index contributed by atoms with van der Waals surface area (Å²) in [5.74, 6) is 3.08. The Morgan fingerprint density at radius 1 is 1.08 bits per heavy atom. The minimum atomic E-state index is -0.351. The predicted octanol–water partition coefficient (Wildman–Crippen LogP) is 5.78. The average Bonchev–Trinajstić information content (AvgIpc) is 3.71. The highest BCUT2D eigenvalue weighted by Crippen LogP contribution is 2.76. The standard InChI is InChI=1S/C34H41NO4/c1-4-22-5-9-24(10-6-22)20-38-21-26-18-32-13-14-34(26,37-3)31-33(32)15-16-35(19-23-7-8-23)28(32)17-25-11-12-27(36-2)30(39-31)29(25)33/h4-6,9-12,23,26,28,31H,1,7-8,13-21H2,2-3H3/t26-,28?,31-,32-,33?,34-/m1/s1. The number of rotatable bonds is 9. The molecule has 2 heterocycles. The van der Waals surface area contributed by atoms with Gasteiger partial charge in [0.05, 0.1) is 20.3 Å². The summed E-state index contributed by atoms with van der Waals surface area (Å²) in [5.41, 5.74) is 5.13. The van der Waals surface area contributed by atoms with E-state index in [0.717, 1.165) is 48.7 Å². The van der Waals surface area contributed by atoms with Crippen LogP contribution in [-0.4, -0.2) is 56.6 Å². The predicted molar refractivity (Wildman–Crippen MR) is 151 cm³/mol. The molecule has 0 radical (unpaired) electrons. The minimum Gasteiger partial charge on any atom is -0.493 e. The van der Waals surface area contributed by atoms with Crippen molar-refractivity contribution in [3.05, 3.63) is 65.2 Å². The smallest absolute Gasteiger partial charge is 0.165 e. The second kappa shape index (κ2) is 8.58. The maximum atomic E-state index is 7.14. The highest BCUT2D eigenvalue weighted by molar-refractivity contribution is 5.63. The van der Waals surface area contributed by atoms with Gasteiger partial charge in [-0.1, -0.05) is 43.0 Å². The number of benzene rings is 2. The lowest BCUT2D eigenvalue weighted by Crippen LogP contribution is -2.81. The SMILES string of the molecule is C=Cc1ccc(COC[C@H]2C[C@@]34CC[C@]2(OC)[C@@H]2Oc5c(OC)ccc6c5C23CCN(CC2CC2)C4C6)cc1. The van der Waals surface area contributed by atoms with Crippen LogP contribution in [0, 0.1) is 17.3 Å². The molecule has 1 saturated heterocycles. The van der Waals surface area contributed by atoms with E-state index in [9.17, 15) is 0 Å². The van der Waals surface area contributed by atoms with E-state index in [2.05, 4.69) is 47.9 Å². The van der Waals surface area contributed by atoms with Crippen LogP contribution in [0.1, 0.15) is 60.8 Å². The van der Waals surface area contributed by atoms with Crippen molar-refractivity contribution in [1.82, 2.24) is 4.90 Å². The topological polar surface area (TPSA) is 40.2 Å². The molecule has 5 nitrogen and oxygen atoms in total. The number of hydrogen-bond acceptors (Lipinski definition) is 5. The summed E-state index contributed by atoms with van der Waals surface area (Å²) in [4.78, 5) is 2.90. The number of nitrogens with zero attached hydrogens (tertiary/aromatic N) is 1. The van der Waals surface area contributed by atoms with E-state index in [1.807, 2.05) is 13.2 Å². The lowest BCUT2D eigenvalue weighted by atomic mass is 9.35. The minimum absolute atomic E-state index is 0.000450. The molecule has 7 aliphatic rings. The normalized spacial score (nSPS) is 37.3. The molecule has 206 valence electrons. The van der Waals surface area contributed by atoms with Crippen LogP contribution in [0.4, 0.5) is 0 Å². The highest BCUT2D eigenvalue weighted by Gasteiger charge is 2.80. The van der Waals surface area contributed by atoms with Gasteiger partial charge in [0.15, 0.2) is 11.5 Å². The number of hydrogen-bond donors (Lipinski definition) is 0. The van der Waals surface area contributed by atoms with Crippen LogP contribution in [0.5, 0.6) is 11.5 Å². The Bertz CT molecular complexity index is 1300. The Hall–Kier alpha value is -2.34. The second-order valence-electron chi connectivity index (χ2n) is 13.2. The molecule has 0 amide bonds. The Morgan fingerprint density at radius 3 is 2.67 bits per heavy atom. The van der Waals surface area contributed by atoms with Crippen molar-refractivity contribution in [2.75, 3.05) is 33.9 Å². The van der Waals surface area contributed by atoms with E-state index in [-0.39, 0.29) is 22.5 Å². The molecule has 5 heteroatoms. The molecular formula is C34H41NO4. The maximum absolute atomic E-state index is 7.14. The largest absolute Gasteiger partial charge is 0.493 e. The highest BCUT2D eigenvalue weighted by atomic mass is 16.6. The molecule has 0 N–H and O–H groups in total.